The number of furan rings is 1. The number of anilines is 15. The van der Waals surface area contributed by atoms with Gasteiger partial charge in [-0.2, -0.15) is 0 Å². The van der Waals surface area contributed by atoms with Crippen molar-refractivity contribution in [2.24, 2.45) is 0 Å². The molecular weight excluding hydrogens is 960 g/mol. The van der Waals surface area contributed by atoms with Crippen LogP contribution in [-0.2, 0) is 0 Å². The van der Waals surface area contributed by atoms with Gasteiger partial charge in [-0.15, -0.1) is 0 Å². The average molecular weight is 1010 g/mol. The molecule has 0 bridgehead atoms. The van der Waals surface area contributed by atoms with E-state index in [1.807, 2.05) is 0 Å². The Labute approximate surface area is 460 Å². The molecule has 5 aliphatic heterocycles. The largest absolute Gasteiger partial charge is 0.480 e. The van der Waals surface area contributed by atoms with Gasteiger partial charge in [0.2, 0.25) is 0 Å². The maximum Gasteiger partial charge on any atom is 0.297 e. The zero-order valence-corrected chi connectivity index (χ0v) is 43.2. The van der Waals surface area contributed by atoms with Crippen molar-refractivity contribution >= 4 is 132 Å². The van der Waals surface area contributed by atoms with Crippen LogP contribution >= 0.6 is 0 Å². The van der Waals surface area contributed by atoms with Crippen molar-refractivity contribution in [3.05, 3.63) is 272 Å². The summed E-state index contributed by atoms with van der Waals surface area (Å²) in [5.74, 6) is 0. The van der Waals surface area contributed by atoms with E-state index in [2.05, 4.69) is 298 Å². The normalized spacial score (nSPS) is 13.5. The fourth-order valence-corrected chi connectivity index (χ4v) is 13.7. The number of rotatable bonds is 7. The smallest absolute Gasteiger partial charge is 0.297 e. The third-order valence-corrected chi connectivity index (χ3v) is 16.9. The Balaban J connectivity index is 1.00. The molecule has 0 aliphatic carbocycles. The number of fused-ring (bicyclic) bond motifs is 11. The molecule has 1 aromatic heterocycles. The second kappa shape index (κ2) is 16.9. The number of hydrogen-bond donors (Lipinski definition) is 0. The van der Waals surface area contributed by atoms with Gasteiger partial charge in [0.15, 0.2) is 0 Å². The molecule has 368 valence electrons. The quantitative estimate of drug-likeness (QED) is 0.148. The molecule has 0 saturated heterocycles. The lowest BCUT2D eigenvalue weighted by Gasteiger charge is -2.48. The fourth-order valence-electron chi connectivity index (χ4n) is 13.7. The first-order valence-electron chi connectivity index (χ1n) is 27.3. The zero-order valence-electron chi connectivity index (χ0n) is 43.2. The first kappa shape index (κ1) is 44.0. The summed E-state index contributed by atoms with van der Waals surface area (Å²) in [6.45, 7) is 1.74. The molecule has 6 heterocycles. The van der Waals surface area contributed by atoms with E-state index < -0.39 is 0 Å². The summed E-state index contributed by atoms with van der Waals surface area (Å²) in [6, 6.07) is 97.9. The van der Waals surface area contributed by atoms with E-state index in [0.717, 1.165) is 96.5 Å². The minimum absolute atomic E-state index is 0.234. The third-order valence-electron chi connectivity index (χ3n) is 16.9. The second-order valence-corrected chi connectivity index (χ2v) is 21.3. The highest BCUT2D eigenvalue weighted by molar-refractivity contribution is 7.02. The summed E-state index contributed by atoms with van der Waals surface area (Å²) in [6.07, 6.45) is 0. The number of nitrogens with zero attached hydrogens (tertiary/aromatic N) is 5. The standard InChI is InChI=1S/C71H47B2N5O/c1-46-40-62-66-63(41-46)77-59-34-20-21-35-60(59)78-65-45-55(74(51-26-12-4-13-27-51)52-28-14-5-15-29-52)44-64-67(65)72(56-38-36-50(48-24-10-3-11-25-48)43-61(56)76(64)54-32-18-7-19-33-54)70-68(78)69(77)71(79-70)73(66)57-42-49(47-22-8-2-9-23-47)37-39-58(57)75(62)53-30-16-6-17-31-53/h2-45H,1H3. The highest BCUT2D eigenvalue weighted by Crippen LogP contribution is 2.59. The van der Waals surface area contributed by atoms with E-state index in [-0.39, 0.29) is 13.4 Å². The van der Waals surface area contributed by atoms with Gasteiger partial charge in [-0.1, -0.05) is 170 Å². The van der Waals surface area contributed by atoms with E-state index >= 15 is 0 Å². The number of aryl methyl sites for hydroxylation is 1. The first-order valence-corrected chi connectivity index (χ1v) is 27.3. The first-order chi connectivity index (χ1) is 39.1. The highest BCUT2D eigenvalue weighted by atomic mass is 16.3. The van der Waals surface area contributed by atoms with Crippen molar-refractivity contribution in [3.8, 4) is 22.3 Å². The van der Waals surface area contributed by atoms with Gasteiger partial charge in [0.1, 0.15) is 11.4 Å². The predicted molar refractivity (Wildman–Crippen MR) is 331 cm³/mol. The van der Waals surface area contributed by atoms with Crippen LogP contribution in [0.3, 0.4) is 0 Å². The van der Waals surface area contributed by atoms with Crippen LogP contribution in [0.4, 0.5) is 85.3 Å². The molecule has 79 heavy (non-hydrogen) atoms. The van der Waals surface area contributed by atoms with Gasteiger partial charge in [-0.05, 0) is 154 Å². The molecule has 0 amide bonds. The summed E-state index contributed by atoms with van der Waals surface area (Å²) in [4.78, 5) is 12.5. The van der Waals surface area contributed by atoms with Crippen LogP contribution < -0.4 is 57.7 Å². The summed E-state index contributed by atoms with van der Waals surface area (Å²) >= 11 is 0. The van der Waals surface area contributed by atoms with E-state index in [9.17, 15) is 0 Å². The predicted octanol–water partition coefficient (Wildman–Crippen LogP) is 14.9. The topological polar surface area (TPSA) is 29.3 Å². The van der Waals surface area contributed by atoms with Crippen molar-refractivity contribution in [3.63, 3.8) is 0 Å². The van der Waals surface area contributed by atoms with Crippen LogP contribution in [0.25, 0.3) is 22.3 Å². The minimum Gasteiger partial charge on any atom is -0.480 e. The molecule has 17 rings (SSSR count). The van der Waals surface area contributed by atoms with E-state index in [1.54, 1.807) is 0 Å². The van der Waals surface area contributed by atoms with Crippen LogP contribution in [0, 0.1) is 6.92 Å². The lowest BCUT2D eigenvalue weighted by Crippen LogP contribution is -2.61. The van der Waals surface area contributed by atoms with Crippen molar-refractivity contribution in [2.75, 3.05) is 24.5 Å². The Kier molecular flexibility index (Phi) is 9.42. The Bertz CT molecular complexity index is 4380. The average Bonchev–Trinajstić information content (AvgIpc) is 4.13. The number of hydrogen-bond acceptors (Lipinski definition) is 6. The summed E-state index contributed by atoms with van der Waals surface area (Å²) < 4.78 is 8.11. The summed E-state index contributed by atoms with van der Waals surface area (Å²) in [7, 11) is 0. The zero-order chi connectivity index (χ0) is 51.9. The summed E-state index contributed by atoms with van der Waals surface area (Å²) in [5, 5.41) is 0. The van der Waals surface area contributed by atoms with Gasteiger partial charge in [0.25, 0.3) is 13.4 Å². The monoisotopic (exact) mass is 1010 g/mol. The molecule has 5 aliphatic rings. The van der Waals surface area contributed by atoms with Crippen molar-refractivity contribution < 1.29 is 4.42 Å². The Morgan fingerprint density at radius 1 is 0.304 bits per heavy atom. The van der Waals surface area contributed by atoms with Gasteiger partial charge in [-0.25, -0.2) is 0 Å². The SMILES string of the molecule is Cc1cc2c3c(c1)N1c4ccccc4N4c5cc(N(c6ccccc6)c6ccccc6)cc6c5B(c5ccc(-c7ccccc7)cc5N6c5ccccc5)c5oc(c1c54)B3c1cc(-c3ccccc3)ccc1N2c1ccccc1. The van der Waals surface area contributed by atoms with Crippen LogP contribution in [0.15, 0.2) is 271 Å². The number of benzene rings is 11. The molecule has 6 nitrogen and oxygen atoms in total. The third kappa shape index (κ3) is 6.37. The maximum absolute atomic E-state index is 8.11. The highest BCUT2D eigenvalue weighted by Gasteiger charge is 2.55. The molecule has 0 unspecified atom stereocenters. The van der Waals surface area contributed by atoms with Crippen molar-refractivity contribution in [2.45, 2.75) is 6.92 Å². The van der Waals surface area contributed by atoms with Crippen LogP contribution in [-0.4, -0.2) is 13.4 Å². The molecule has 12 aromatic rings. The molecule has 8 heteroatoms. The Morgan fingerprint density at radius 3 is 1.27 bits per heavy atom. The fraction of sp³-hybridized carbons (Fsp3) is 0.0141. The van der Waals surface area contributed by atoms with Gasteiger partial charge in [0, 0.05) is 56.9 Å². The van der Waals surface area contributed by atoms with Crippen LogP contribution in [0.5, 0.6) is 0 Å². The lowest BCUT2D eigenvalue weighted by atomic mass is 9.35. The molecule has 0 spiro atoms. The van der Waals surface area contributed by atoms with Gasteiger partial charge < -0.3 is 28.9 Å². The molecule has 0 N–H and O–H groups in total. The van der Waals surface area contributed by atoms with Crippen LogP contribution in [0.2, 0.25) is 0 Å². The Morgan fingerprint density at radius 2 is 0.722 bits per heavy atom. The molecule has 0 fully saturated rings. The van der Waals surface area contributed by atoms with Crippen molar-refractivity contribution in [1.29, 1.82) is 0 Å². The van der Waals surface area contributed by atoms with Crippen molar-refractivity contribution in [1.82, 2.24) is 0 Å². The lowest BCUT2D eigenvalue weighted by molar-refractivity contribution is 0.634. The summed E-state index contributed by atoms with van der Waals surface area (Å²) in [5.41, 5.74) is 29.3. The van der Waals surface area contributed by atoms with E-state index in [0.29, 0.717) is 0 Å². The molecule has 0 radical (unpaired) electrons. The molecular formula is C71H47B2N5O. The second-order valence-electron chi connectivity index (χ2n) is 21.3. The van der Waals surface area contributed by atoms with Gasteiger partial charge in [0.05, 0.1) is 28.4 Å². The maximum atomic E-state index is 8.11. The Hall–Kier alpha value is -10.2. The van der Waals surface area contributed by atoms with E-state index in [4.69, 9.17) is 4.42 Å². The van der Waals surface area contributed by atoms with Gasteiger partial charge >= 0.3 is 0 Å². The van der Waals surface area contributed by atoms with Crippen LogP contribution in [0.1, 0.15) is 5.56 Å². The molecule has 0 saturated carbocycles. The van der Waals surface area contributed by atoms with E-state index in [1.165, 1.54) is 49.8 Å². The minimum atomic E-state index is -0.270. The molecule has 0 atom stereocenters. The molecule has 11 aromatic carbocycles. The number of para-hydroxylation sites is 6. The van der Waals surface area contributed by atoms with Gasteiger partial charge in [-0.3, -0.25) is 0 Å².